The summed E-state index contributed by atoms with van der Waals surface area (Å²) < 4.78 is 0. The van der Waals surface area contributed by atoms with E-state index in [1.165, 1.54) is 11.8 Å². The van der Waals surface area contributed by atoms with E-state index in [2.05, 4.69) is 21.7 Å². The predicted octanol–water partition coefficient (Wildman–Crippen LogP) is 3.88. The molecule has 1 aromatic carbocycles. The lowest BCUT2D eigenvalue weighted by atomic mass is 10.1. The largest absolute Gasteiger partial charge is 0.351 e. The second-order valence-corrected chi connectivity index (χ2v) is 8.11. The highest BCUT2D eigenvalue weighted by Gasteiger charge is 2.14. The van der Waals surface area contributed by atoms with Crippen LogP contribution in [0.2, 0.25) is 0 Å². The first-order chi connectivity index (χ1) is 13.7. The number of aromatic nitrogens is 1. The molecule has 0 bridgehead atoms. The number of amides is 2. The standard InChI is InChI=1S/C22H26N4O2S/c1-13(2)21(28)26-18-8-6-17(7-9-18)11-24-20(27)12-29-22-19(10-23)15(4)14(3)16(5)25-22/h6-9,13H,11-12H2,1-5H3,(H,24,27)(H,26,28). The molecule has 2 amide bonds. The highest BCUT2D eigenvalue weighted by atomic mass is 32.2. The van der Waals surface area contributed by atoms with Crippen molar-refractivity contribution in [1.82, 2.24) is 10.3 Å². The van der Waals surface area contributed by atoms with Gasteiger partial charge in [-0.2, -0.15) is 5.26 Å². The Morgan fingerprint density at radius 2 is 1.79 bits per heavy atom. The summed E-state index contributed by atoms with van der Waals surface area (Å²) in [6, 6.07) is 9.56. The smallest absolute Gasteiger partial charge is 0.230 e. The molecule has 2 rings (SSSR count). The molecule has 1 heterocycles. The fourth-order valence-corrected chi connectivity index (χ4v) is 3.44. The van der Waals surface area contributed by atoms with Gasteiger partial charge < -0.3 is 10.6 Å². The van der Waals surface area contributed by atoms with Crippen LogP contribution in [-0.4, -0.2) is 22.6 Å². The summed E-state index contributed by atoms with van der Waals surface area (Å²) in [5.41, 5.74) is 4.98. The Morgan fingerprint density at radius 3 is 2.38 bits per heavy atom. The van der Waals surface area contributed by atoms with Crippen molar-refractivity contribution in [1.29, 1.82) is 5.26 Å². The predicted molar refractivity (Wildman–Crippen MR) is 116 cm³/mol. The molecule has 0 aliphatic carbocycles. The van der Waals surface area contributed by atoms with Gasteiger partial charge >= 0.3 is 0 Å². The summed E-state index contributed by atoms with van der Waals surface area (Å²) in [5, 5.41) is 15.7. The molecule has 0 unspecified atom stereocenters. The Bertz CT molecular complexity index is 947. The number of carbonyl (C=O) groups is 2. The summed E-state index contributed by atoms with van der Waals surface area (Å²) in [7, 11) is 0. The van der Waals surface area contributed by atoms with Crippen LogP contribution in [0.4, 0.5) is 5.69 Å². The van der Waals surface area contributed by atoms with E-state index < -0.39 is 0 Å². The third-order valence-electron chi connectivity index (χ3n) is 4.65. The maximum atomic E-state index is 12.2. The Morgan fingerprint density at radius 1 is 1.14 bits per heavy atom. The number of aryl methyl sites for hydroxylation is 1. The van der Waals surface area contributed by atoms with Crippen molar-refractivity contribution < 1.29 is 9.59 Å². The number of hydrogen-bond acceptors (Lipinski definition) is 5. The zero-order chi connectivity index (χ0) is 21.6. The molecular weight excluding hydrogens is 384 g/mol. The lowest BCUT2D eigenvalue weighted by molar-refractivity contribution is -0.119. The van der Waals surface area contributed by atoms with Crippen molar-refractivity contribution in [2.24, 2.45) is 5.92 Å². The molecule has 6 nitrogen and oxygen atoms in total. The lowest BCUT2D eigenvalue weighted by Crippen LogP contribution is -2.24. The van der Waals surface area contributed by atoms with Crippen LogP contribution in [0, 0.1) is 38.0 Å². The number of thioether (sulfide) groups is 1. The van der Waals surface area contributed by atoms with Crippen LogP contribution in [0.25, 0.3) is 0 Å². The molecule has 29 heavy (non-hydrogen) atoms. The van der Waals surface area contributed by atoms with Gasteiger partial charge in [-0.1, -0.05) is 37.7 Å². The quantitative estimate of drug-likeness (QED) is 0.676. The maximum absolute atomic E-state index is 12.2. The number of anilines is 1. The topological polar surface area (TPSA) is 94.9 Å². The molecule has 0 aliphatic heterocycles. The van der Waals surface area contributed by atoms with Gasteiger partial charge in [-0.05, 0) is 49.6 Å². The molecule has 2 N–H and O–H groups in total. The number of carbonyl (C=O) groups excluding carboxylic acids is 2. The normalized spacial score (nSPS) is 10.5. The van der Waals surface area contributed by atoms with Crippen molar-refractivity contribution in [3.05, 3.63) is 52.2 Å². The Balaban J connectivity index is 1.90. The molecule has 0 spiro atoms. The zero-order valence-electron chi connectivity index (χ0n) is 17.4. The van der Waals surface area contributed by atoms with Crippen LogP contribution >= 0.6 is 11.8 Å². The van der Waals surface area contributed by atoms with E-state index in [1.807, 2.05) is 58.9 Å². The van der Waals surface area contributed by atoms with E-state index in [0.717, 1.165) is 28.1 Å². The van der Waals surface area contributed by atoms with E-state index in [0.29, 0.717) is 17.1 Å². The summed E-state index contributed by atoms with van der Waals surface area (Å²) in [6.07, 6.45) is 0. The minimum atomic E-state index is -0.131. The molecule has 0 fully saturated rings. The molecule has 7 heteroatoms. The van der Waals surface area contributed by atoms with Crippen LogP contribution in [0.15, 0.2) is 29.3 Å². The van der Waals surface area contributed by atoms with Gasteiger partial charge in [0.25, 0.3) is 0 Å². The van der Waals surface area contributed by atoms with E-state index >= 15 is 0 Å². The van der Waals surface area contributed by atoms with Crippen molar-refractivity contribution in [3.63, 3.8) is 0 Å². The molecule has 0 saturated heterocycles. The summed E-state index contributed by atoms with van der Waals surface area (Å²) in [5.74, 6) is -0.0565. The number of pyridine rings is 1. The number of nitriles is 1. The average molecular weight is 411 g/mol. The van der Waals surface area contributed by atoms with Gasteiger partial charge in [-0.3, -0.25) is 9.59 Å². The second-order valence-electron chi connectivity index (χ2n) is 7.15. The molecule has 0 radical (unpaired) electrons. The number of benzene rings is 1. The van der Waals surface area contributed by atoms with Gasteiger partial charge in [0.1, 0.15) is 11.1 Å². The van der Waals surface area contributed by atoms with Crippen molar-refractivity contribution in [2.75, 3.05) is 11.1 Å². The van der Waals surface area contributed by atoms with E-state index in [-0.39, 0.29) is 23.5 Å². The first-order valence-electron chi connectivity index (χ1n) is 9.40. The number of hydrogen-bond donors (Lipinski definition) is 2. The molecule has 0 aliphatic rings. The Hall–Kier alpha value is -2.85. The minimum Gasteiger partial charge on any atom is -0.351 e. The van der Waals surface area contributed by atoms with Crippen molar-refractivity contribution >= 4 is 29.3 Å². The fraction of sp³-hybridized carbons (Fsp3) is 0.364. The Labute approximate surface area is 176 Å². The van der Waals surface area contributed by atoms with Gasteiger partial charge in [0.2, 0.25) is 11.8 Å². The van der Waals surface area contributed by atoms with Gasteiger partial charge in [-0.25, -0.2) is 4.98 Å². The van der Waals surface area contributed by atoms with Gasteiger partial charge in [0.15, 0.2) is 0 Å². The van der Waals surface area contributed by atoms with Crippen LogP contribution in [-0.2, 0) is 16.1 Å². The third kappa shape index (κ3) is 6.06. The molecule has 2 aromatic rings. The SMILES string of the molecule is Cc1nc(SCC(=O)NCc2ccc(NC(=O)C(C)C)cc2)c(C#N)c(C)c1C. The maximum Gasteiger partial charge on any atom is 0.230 e. The molecule has 1 aromatic heterocycles. The molecular formula is C22H26N4O2S. The molecule has 152 valence electrons. The highest BCUT2D eigenvalue weighted by molar-refractivity contribution is 8.00. The second kappa shape index (κ2) is 10.1. The summed E-state index contributed by atoms with van der Waals surface area (Å²) in [4.78, 5) is 28.4. The zero-order valence-corrected chi connectivity index (χ0v) is 18.2. The van der Waals surface area contributed by atoms with Crippen LogP contribution in [0.3, 0.4) is 0 Å². The van der Waals surface area contributed by atoms with Gasteiger partial charge in [0, 0.05) is 23.8 Å². The Kier molecular flexibility index (Phi) is 7.80. The summed E-state index contributed by atoms with van der Waals surface area (Å²) >= 11 is 1.27. The van der Waals surface area contributed by atoms with E-state index in [4.69, 9.17) is 0 Å². The van der Waals surface area contributed by atoms with E-state index in [1.54, 1.807) is 0 Å². The van der Waals surface area contributed by atoms with Gasteiger partial charge in [-0.15, -0.1) is 0 Å². The first kappa shape index (κ1) is 22.4. The minimum absolute atomic E-state index is 0.0324. The molecule has 0 saturated carbocycles. The highest BCUT2D eigenvalue weighted by Crippen LogP contribution is 2.26. The molecule has 0 atom stereocenters. The van der Waals surface area contributed by atoms with Crippen molar-refractivity contribution in [2.45, 2.75) is 46.2 Å². The monoisotopic (exact) mass is 410 g/mol. The summed E-state index contributed by atoms with van der Waals surface area (Å²) in [6.45, 7) is 9.82. The number of rotatable bonds is 7. The van der Waals surface area contributed by atoms with Gasteiger partial charge in [0.05, 0.1) is 11.3 Å². The average Bonchev–Trinajstić information content (AvgIpc) is 2.69. The van der Waals surface area contributed by atoms with Crippen LogP contribution in [0.1, 0.15) is 41.8 Å². The van der Waals surface area contributed by atoms with Crippen LogP contribution < -0.4 is 10.6 Å². The van der Waals surface area contributed by atoms with Crippen LogP contribution in [0.5, 0.6) is 0 Å². The third-order valence-corrected chi connectivity index (χ3v) is 5.63. The first-order valence-corrected chi connectivity index (χ1v) is 10.4. The van der Waals surface area contributed by atoms with Crippen molar-refractivity contribution in [3.8, 4) is 6.07 Å². The lowest BCUT2D eigenvalue weighted by Gasteiger charge is -2.11. The van der Waals surface area contributed by atoms with E-state index in [9.17, 15) is 14.9 Å². The fourth-order valence-electron chi connectivity index (χ4n) is 2.53. The number of nitrogens with zero attached hydrogens (tertiary/aromatic N) is 2. The number of nitrogens with one attached hydrogen (secondary N) is 2.